The number of nitrogens with two attached hydrogens (primary N) is 1. The van der Waals surface area contributed by atoms with Gasteiger partial charge < -0.3 is 5.73 Å². The van der Waals surface area contributed by atoms with Crippen molar-refractivity contribution < 1.29 is 0 Å². The average molecular weight is 287 g/mol. The Hall–Kier alpha value is -1.12. The lowest BCUT2D eigenvalue weighted by atomic mass is 9.97. The van der Waals surface area contributed by atoms with Crippen molar-refractivity contribution in [2.75, 3.05) is 0 Å². The first-order chi connectivity index (χ1) is 9.65. The number of hydrogen-bond donors (Lipinski definition) is 1. The van der Waals surface area contributed by atoms with Gasteiger partial charge in [0.15, 0.2) is 0 Å². The molecule has 0 amide bonds. The van der Waals surface area contributed by atoms with Gasteiger partial charge >= 0.3 is 0 Å². The van der Waals surface area contributed by atoms with Crippen LogP contribution in [-0.4, -0.2) is 6.04 Å². The minimum Gasteiger partial charge on any atom is -0.327 e. The SMILES string of the molecule is CC(C)c1ccc(CC(N)CCCc2cccs2)cc1. The third-order valence-electron chi connectivity index (χ3n) is 3.72. The van der Waals surface area contributed by atoms with Crippen LogP contribution in [-0.2, 0) is 12.8 Å². The highest BCUT2D eigenvalue weighted by atomic mass is 32.1. The first kappa shape index (κ1) is 15.3. The molecule has 1 unspecified atom stereocenters. The van der Waals surface area contributed by atoms with Crippen molar-refractivity contribution in [3.05, 3.63) is 57.8 Å². The summed E-state index contributed by atoms with van der Waals surface area (Å²) in [7, 11) is 0. The quantitative estimate of drug-likeness (QED) is 0.780. The molecular formula is C18H25NS. The first-order valence-corrected chi connectivity index (χ1v) is 8.40. The van der Waals surface area contributed by atoms with Crippen molar-refractivity contribution in [3.8, 4) is 0 Å². The van der Waals surface area contributed by atoms with Gasteiger partial charge in [-0.3, -0.25) is 0 Å². The molecule has 20 heavy (non-hydrogen) atoms. The van der Waals surface area contributed by atoms with E-state index in [4.69, 9.17) is 5.73 Å². The molecule has 0 bridgehead atoms. The molecule has 1 aromatic heterocycles. The molecule has 0 spiro atoms. The van der Waals surface area contributed by atoms with Crippen molar-refractivity contribution >= 4 is 11.3 Å². The first-order valence-electron chi connectivity index (χ1n) is 7.52. The molecule has 2 heteroatoms. The third-order valence-corrected chi connectivity index (χ3v) is 4.66. The fourth-order valence-electron chi connectivity index (χ4n) is 2.44. The second-order valence-corrected chi connectivity index (χ2v) is 6.86. The van der Waals surface area contributed by atoms with E-state index in [0.29, 0.717) is 5.92 Å². The van der Waals surface area contributed by atoms with Crippen molar-refractivity contribution in [3.63, 3.8) is 0 Å². The Balaban J connectivity index is 1.74. The van der Waals surface area contributed by atoms with Crippen molar-refractivity contribution in [1.29, 1.82) is 0 Å². The number of rotatable bonds is 7. The van der Waals surface area contributed by atoms with Gasteiger partial charge in [-0.05, 0) is 54.2 Å². The van der Waals surface area contributed by atoms with Crippen molar-refractivity contribution in [2.24, 2.45) is 5.73 Å². The van der Waals surface area contributed by atoms with Crippen LogP contribution < -0.4 is 5.73 Å². The molecule has 0 fully saturated rings. The zero-order valence-corrected chi connectivity index (χ0v) is 13.3. The van der Waals surface area contributed by atoms with Gasteiger partial charge in [-0.25, -0.2) is 0 Å². The van der Waals surface area contributed by atoms with Crippen LogP contribution in [0.3, 0.4) is 0 Å². The van der Waals surface area contributed by atoms with E-state index in [0.717, 1.165) is 19.3 Å². The Morgan fingerprint density at radius 3 is 2.45 bits per heavy atom. The largest absolute Gasteiger partial charge is 0.327 e. The van der Waals surface area contributed by atoms with Crippen LogP contribution in [0.25, 0.3) is 0 Å². The average Bonchev–Trinajstić information content (AvgIpc) is 2.92. The molecule has 0 aliphatic carbocycles. The van der Waals surface area contributed by atoms with Crippen LogP contribution in [0.5, 0.6) is 0 Å². The summed E-state index contributed by atoms with van der Waals surface area (Å²) in [5, 5.41) is 2.14. The highest BCUT2D eigenvalue weighted by Gasteiger charge is 2.06. The topological polar surface area (TPSA) is 26.0 Å². The van der Waals surface area contributed by atoms with E-state index in [1.54, 1.807) is 0 Å². The number of hydrogen-bond acceptors (Lipinski definition) is 2. The highest BCUT2D eigenvalue weighted by molar-refractivity contribution is 7.09. The van der Waals surface area contributed by atoms with E-state index in [-0.39, 0.29) is 6.04 Å². The summed E-state index contributed by atoms with van der Waals surface area (Å²) in [5.41, 5.74) is 9.01. The number of benzene rings is 1. The fourth-order valence-corrected chi connectivity index (χ4v) is 3.19. The smallest absolute Gasteiger partial charge is 0.00794 e. The molecule has 2 N–H and O–H groups in total. The monoisotopic (exact) mass is 287 g/mol. The Morgan fingerprint density at radius 1 is 1.10 bits per heavy atom. The van der Waals surface area contributed by atoms with Gasteiger partial charge in [0, 0.05) is 10.9 Å². The summed E-state index contributed by atoms with van der Waals surface area (Å²) in [6.45, 7) is 4.45. The maximum atomic E-state index is 6.25. The van der Waals surface area contributed by atoms with E-state index in [1.165, 1.54) is 22.4 Å². The van der Waals surface area contributed by atoms with E-state index in [1.807, 2.05) is 11.3 Å². The van der Waals surface area contributed by atoms with Gasteiger partial charge in [-0.1, -0.05) is 44.2 Å². The van der Waals surface area contributed by atoms with Crippen LogP contribution in [0.4, 0.5) is 0 Å². The number of aryl methyl sites for hydroxylation is 1. The van der Waals surface area contributed by atoms with Crippen LogP contribution in [0.2, 0.25) is 0 Å². The standard InChI is InChI=1S/C18H25NS/c1-14(2)16-10-8-15(9-11-16)13-17(19)5-3-6-18-7-4-12-20-18/h4,7-12,14,17H,3,5-6,13,19H2,1-2H3. The van der Waals surface area contributed by atoms with Crippen LogP contribution in [0.15, 0.2) is 41.8 Å². The summed E-state index contributed by atoms with van der Waals surface area (Å²) in [4.78, 5) is 1.47. The van der Waals surface area contributed by atoms with Crippen molar-refractivity contribution in [2.45, 2.75) is 51.5 Å². The zero-order chi connectivity index (χ0) is 14.4. The molecule has 1 aromatic carbocycles. The molecule has 0 aliphatic heterocycles. The molecule has 108 valence electrons. The summed E-state index contributed by atoms with van der Waals surface area (Å²) in [5.74, 6) is 0.600. The minimum atomic E-state index is 0.278. The Kier molecular flexibility index (Phi) is 5.81. The molecule has 2 aromatic rings. The van der Waals surface area contributed by atoms with Crippen LogP contribution in [0, 0.1) is 0 Å². The Morgan fingerprint density at radius 2 is 1.85 bits per heavy atom. The lowest BCUT2D eigenvalue weighted by Gasteiger charge is -2.12. The van der Waals surface area contributed by atoms with E-state index < -0.39 is 0 Å². The maximum absolute atomic E-state index is 6.25. The lowest BCUT2D eigenvalue weighted by Crippen LogP contribution is -2.22. The molecule has 1 atom stereocenters. The lowest BCUT2D eigenvalue weighted by molar-refractivity contribution is 0.581. The fraction of sp³-hybridized carbons (Fsp3) is 0.444. The summed E-state index contributed by atoms with van der Waals surface area (Å²) >= 11 is 1.84. The summed E-state index contributed by atoms with van der Waals surface area (Å²) < 4.78 is 0. The van der Waals surface area contributed by atoms with Crippen LogP contribution >= 0.6 is 11.3 Å². The molecule has 0 aliphatic rings. The summed E-state index contributed by atoms with van der Waals surface area (Å²) in [6.07, 6.45) is 4.44. The molecule has 0 radical (unpaired) electrons. The molecule has 1 heterocycles. The molecule has 2 rings (SSSR count). The van der Waals surface area contributed by atoms with E-state index >= 15 is 0 Å². The third kappa shape index (κ3) is 4.77. The molecule has 1 nitrogen and oxygen atoms in total. The van der Waals surface area contributed by atoms with Gasteiger partial charge in [0.25, 0.3) is 0 Å². The zero-order valence-electron chi connectivity index (χ0n) is 12.5. The molecule has 0 saturated heterocycles. The van der Waals surface area contributed by atoms with E-state index in [2.05, 4.69) is 55.6 Å². The van der Waals surface area contributed by atoms with Crippen LogP contribution in [0.1, 0.15) is 48.6 Å². The maximum Gasteiger partial charge on any atom is 0.00794 e. The van der Waals surface area contributed by atoms with Gasteiger partial charge in [-0.15, -0.1) is 11.3 Å². The second-order valence-electron chi connectivity index (χ2n) is 5.83. The van der Waals surface area contributed by atoms with Gasteiger partial charge in [-0.2, -0.15) is 0 Å². The molecular weight excluding hydrogens is 262 g/mol. The number of thiophene rings is 1. The second kappa shape index (κ2) is 7.61. The summed E-state index contributed by atoms with van der Waals surface area (Å²) in [6, 6.07) is 13.5. The Labute approximate surface area is 126 Å². The van der Waals surface area contributed by atoms with Gasteiger partial charge in [0.2, 0.25) is 0 Å². The van der Waals surface area contributed by atoms with Gasteiger partial charge in [0.05, 0.1) is 0 Å². The predicted molar refractivity (Wildman–Crippen MR) is 89.5 cm³/mol. The highest BCUT2D eigenvalue weighted by Crippen LogP contribution is 2.17. The molecule has 0 saturated carbocycles. The Bertz CT molecular complexity index is 485. The van der Waals surface area contributed by atoms with Crippen molar-refractivity contribution in [1.82, 2.24) is 0 Å². The van der Waals surface area contributed by atoms with Gasteiger partial charge in [0.1, 0.15) is 0 Å². The normalized spacial score (nSPS) is 12.8. The minimum absolute atomic E-state index is 0.278. The van der Waals surface area contributed by atoms with E-state index in [9.17, 15) is 0 Å². The predicted octanol–water partition coefficient (Wildman–Crippen LogP) is 4.76.